The molecule has 0 radical (unpaired) electrons. The molecular formula is C21H21F3N6O3. The summed E-state index contributed by atoms with van der Waals surface area (Å²) in [6, 6.07) is 8.26. The van der Waals surface area contributed by atoms with Gasteiger partial charge >= 0.3 is 11.9 Å². The van der Waals surface area contributed by atoms with Crippen LogP contribution < -0.4 is 15.9 Å². The fraction of sp³-hybridized carbons (Fsp3) is 0.333. The highest BCUT2D eigenvalue weighted by molar-refractivity contribution is 5.93. The summed E-state index contributed by atoms with van der Waals surface area (Å²) in [5.41, 5.74) is 0.176. The minimum absolute atomic E-state index is 0.00136. The number of H-pyrrole nitrogens is 2. The van der Waals surface area contributed by atoms with Gasteiger partial charge < -0.3 is 20.1 Å². The number of piperazine rings is 1. The van der Waals surface area contributed by atoms with Gasteiger partial charge in [0.2, 0.25) is 11.8 Å². The number of fused-ring (bicyclic) bond motifs is 1. The molecule has 0 aliphatic carbocycles. The third-order valence-electron chi connectivity index (χ3n) is 5.38. The summed E-state index contributed by atoms with van der Waals surface area (Å²) >= 11 is 0. The molecule has 12 heteroatoms. The first kappa shape index (κ1) is 22.4. The van der Waals surface area contributed by atoms with E-state index >= 15 is 0 Å². The minimum Gasteiger partial charge on any atom is -0.368 e. The molecule has 1 aromatic carbocycles. The lowest BCUT2D eigenvalue weighted by atomic mass is 10.1. The Morgan fingerprint density at radius 3 is 2.52 bits per heavy atom. The third kappa shape index (κ3) is 5.33. The molecule has 9 nitrogen and oxygen atoms in total. The standard InChI is InChI=1S/C21H21F3N6O3/c22-21(23,24)13-2-1-3-14(12-13)29-8-10-30(11-9-29)18(32)7-6-17(31)26-16-5-4-15-19(27-16)28-20(33)25-15/h1-5,12H,6-11H2,(H3,25,26,27,28,31,33). The lowest BCUT2D eigenvalue weighted by Gasteiger charge is -2.36. The summed E-state index contributed by atoms with van der Waals surface area (Å²) in [7, 11) is 0. The van der Waals surface area contributed by atoms with Crippen molar-refractivity contribution in [2.75, 3.05) is 36.4 Å². The highest BCUT2D eigenvalue weighted by Gasteiger charge is 2.31. The quantitative estimate of drug-likeness (QED) is 0.539. The van der Waals surface area contributed by atoms with Crippen LogP contribution in [0.3, 0.4) is 0 Å². The highest BCUT2D eigenvalue weighted by Crippen LogP contribution is 2.31. The molecule has 0 atom stereocenters. The molecule has 3 N–H and O–H groups in total. The van der Waals surface area contributed by atoms with Crippen molar-refractivity contribution in [2.45, 2.75) is 19.0 Å². The van der Waals surface area contributed by atoms with Gasteiger partial charge in [0, 0.05) is 44.7 Å². The van der Waals surface area contributed by atoms with Crippen molar-refractivity contribution in [3.63, 3.8) is 0 Å². The number of carbonyl (C=O) groups is 2. The van der Waals surface area contributed by atoms with Gasteiger partial charge in [0.15, 0.2) is 5.65 Å². The van der Waals surface area contributed by atoms with Crippen LogP contribution in [0.1, 0.15) is 18.4 Å². The number of aromatic amines is 2. The number of amides is 2. The van der Waals surface area contributed by atoms with E-state index in [2.05, 4.69) is 20.3 Å². The van der Waals surface area contributed by atoms with Crippen LogP contribution in [0.5, 0.6) is 0 Å². The molecule has 3 heterocycles. The Hall–Kier alpha value is -3.83. The maximum atomic E-state index is 12.9. The van der Waals surface area contributed by atoms with E-state index in [1.165, 1.54) is 6.07 Å². The number of imidazole rings is 1. The molecule has 2 aromatic heterocycles. The van der Waals surface area contributed by atoms with Gasteiger partial charge in [-0.05, 0) is 30.3 Å². The topological polar surface area (TPSA) is 114 Å². The lowest BCUT2D eigenvalue weighted by Crippen LogP contribution is -2.48. The van der Waals surface area contributed by atoms with Gasteiger partial charge in [-0.25, -0.2) is 9.78 Å². The lowest BCUT2D eigenvalue weighted by molar-refractivity contribution is -0.137. The fourth-order valence-corrected chi connectivity index (χ4v) is 3.66. The summed E-state index contributed by atoms with van der Waals surface area (Å²) in [4.78, 5) is 48.5. The second-order valence-electron chi connectivity index (χ2n) is 7.64. The number of aromatic nitrogens is 3. The van der Waals surface area contributed by atoms with E-state index in [0.717, 1.165) is 12.1 Å². The Morgan fingerprint density at radius 2 is 1.79 bits per heavy atom. The molecule has 33 heavy (non-hydrogen) atoms. The van der Waals surface area contributed by atoms with Crippen LogP contribution in [0.15, 0.2) is 41.2 Å². The van der Waals surface area contributed by atoms with Gasteiger partial charge in [-0.2, -0.15) is 13.2 Å². The largest absolute Gasteiger partial charge is 0.416 e. The number of nitrogens with zero attached hydrogens (tertiary/aromatic N) is 3. The molecule has 4 rings (SSSR count). The average molecular weight is 462 g/mol. The molecule has 1 fully saturated rings. The van der Waals surface area contributed by atoms with Crippen molar-refractivity contribution < 1.29 is 22.8 Å². The normalized spacial score (nSPS) is 14.5. The molecule has 1 aliphatic heterocycles. The van der Waals surface area contributed by atoms with Gasteiger partial charge in [0.1, 0.15) is 5.82 Å². The van der Waals surface area contributed by atoms with E-state index in [0.29, 0.717) is 43.0 Å². The van der Waals surface area contributed by atoms with E-state index in [9.17, 15) is 27.6 Å². The van der Waals surface area contributed by atoms with Crippen molar-refractivity contribution in [2.24, 2.45) is 0 Å². The number of carbonyl (C=O) groups excluding carboxylic acids is 2. The first-order valence-electron chi connectivity index (χ1n) is 10.3. The van der Waals surface area contributed by atoms with Crippen LogP contribution in [0.25, 0.3) is 11.2 Å². The monoisotopic (exact) mass is 462 g/mol. The first-order valence-corrected chi connectivity index (χ1v) is 10.3. The number of alkyl halides is 3. The van der Waals surface area contributed by atoms with Gasteiger partial charge in [-0.15, -0.1) is 0 Å². The predicted molar refractivity (Wildman–Crippen MR) is 115 cm³/mol. The zero-order valence-electron chi connectivity index (χ0n) is 17.4. The Morgan fingerprint density at radius 1 is 1.03 bits per heavy atom. The molecule has 1 aliphatic rings. The summed E-state index contributed by atoms with van der Waals surface area (Å²) in [6.07, 6.45) is -4.46. The van der Waals surface area contributed by atoms with Crippen molar-refractivity contribution in [1.82, 2.24) is 19.9 Å². The van der Waals surface area contributed by atoms with E-state index in [1.807, 2.05) is 0 Å². The number of halogens is 3. The number of pyridine rings is 1. The number of rotatable bonds is 5. The van der Waals surface area contributed by atoms with Crippen LogP contribution in [-0.4, -0.2) is 57.8 Å². The van der Waals surface area contributed by atoms with Crippen LogP contribution in [0.4, 0.5) is 24.7 Å². The summed E-state index contributed by atoms with van der Waals surface area (Å²) in [5, 5.41) is 2.59. The number of anilines is 2. The Balaban J connectivity index is 1.26. The first-order chi connectivity index (χ1) is 15.7. The third-order valence-corrected chi connectivity index (χ3v) is 5.38. The predicted octanol–water partition coefficient (Wildman–Crippen LogP) is 2.34. The molecule has 2 amide bonds. The van der Waals surface area contributed by atoms with Crippen LogP contribution in [0, 0.1) is 0 Å². The Bertz CT molecular complexity index is 1230. The van der Waals surface area contributed by atoms with Gasteiger partial charge in [-0.1, -0.05) is 6.07 Å². The number of nitrogens with one attached hydrogen (secondary N) is 3. The van der Waals surface area contributed by atoms with Crippen molar-refractivity contribution >= 4 is 34.5 Å². The number of hydrogen-bond donors (Lipinski definition) is 3. The molecule has 174 valence electrons. The smallest absolute Gasteiger partial charge is 0.368 e. The maximum Gasteiger partial charge on any atom is 0.416 e. The molecule has 3 aromatic rings. The second kappa shape index (κ2) is 8.96. The summed E-state index contributed by atoms with van der Waals surface area (Å²) in [5.74, 6) is -0.340. The SMILES string of the molecule is O=C(CCC(=O)N1CCN(c2cccc(C(F)(F)F)c2)CC1)Nc1ccc2[nH]c(=O)[nH]c2n1. The fourth-order valence-electron chi connectivity index (χ4n) is 3.66. The molecule has 0 saturated carbocycles. The molecule has 0 bridgehead atoms. The second-order valence-corrected chi connectivity index (χ2v) is 7.64. The molecule has 1 saturated heterocycles. The Labute approximate surface area is 185 Å². The summed E-state index contributed by atoms with van der Waals surface area (Å²) < 4.78 is 38.8. The van der Waals surface area contributed by atoms with E-state index in [-0.39, 0.29) is 24.6 Å². The van der Waals surface area contributed by atoms with E-state index < -0.39 is 23.3 Å². The van der Waals surface area contributed by atoms with Gasteiger partial charge in [0.05, 0.1) is 11.1 Å². The van der Waals surface area contributed by atoms with Crippen LogP contribution in [-0.2, 0) is 15.8 Å². The van der Waals surface area contributed by atoms with Crippen LogP contribution in [0.2, 0.25) is 0 Å². The van der Waals surface area contributed by atoms with Crippen molar-refractivity contribution in [3.05, 3.63) is 52.4 Å². The average Bonchev–Trinajstić information content (AvgIpc) is 3.16. The molecule has 0 spiro atoms. The van der Waals surface area contributed by atoms with Crippen molar-refractivity contribution in [1.29, 1.82) is 0 Å². The van der Waals surface area contributed by atoms with Gasteiger partial charge in [0.25, 0.3) is 0 Å². The van der Waals surface area contributed by atoms with Crippen LogP contribution >= 0.6 is 0 Å². The minimum atomic E-state index is -4.41. The number of hydrogen-bond acceptors (Lipinski definition) is 5. The van der Waals surface area contributed by atoms with Crippen molar-refractivity contribution in [3.8, 4) is 0 Å². The summed E-state index contributed by atoms with van der Waals surface area (Å²) in [6.45, 7) is 1.52. The van der Waals surface area contributed by atoms with E-state index in [1.54, 1.807) is 28.0 Å². The highest BCUT2D eigenvalue weighted by atomic mass is 19.4. The zero-order chi connectivity index (χ0) is 23.6. The van der Waals surface area contributed by atoms with E-state index in [4.69, 9.17) is 0 Å². The maximum absolute atomic E-state index is 12.9. The van der Waals surface area contributed by atoms with Gasteiger partial charge in [-0.3, -0.25) is 14.6 Å². The number of benzene rings is 1. The molecular weight excluding hydrogens is 441 g/mol. The zero-order valence-corrected chi connectivity index (χ0v) is 17.4. The molecule has 0 unspecified atom stereocenters. The Kier molecular flexibility index (Phi) is 6.07.